The number of ether oxygens (including phenoxy) is 1. The molecule has 19 heavy (non-hydrogen) atoms. The summed E-state index contributed by atoms with van der Waals surface area (Å²) >= 11 is 0. The van der Waals surface area contributed by atoms with E-state index in [9.17, 15) is 14.9 Å². The second-order valence-corrected chi connectivity index (χ2v) is 3.56. The quantitative estimate of drug-likeness (QED) is 0.468. The number of hydrogen-bond acceptors (Lipinski definition) is 6. The van der Waals surface area contributed by atoms with Crippen LogP contribution in [0.15, 0.2) is 18.2 Å². The molecule has 0 fully saturated rings. The lowest BCUT2D eigenvalue weighted by molar-refractivity contribution is -0.384. The maximum atomic E-state index is 11.7. The van der Waals surface area contributed by atoms with Crippen LogP contribution in [-0.4, -0.2) is 34.3 Å². The van der Waals surface area contributed by atoms with Crippen molar-refractivity contribution in [3.05, 3.63) is 34.1 Å². The van der Waals surface area contributed by atoms with Gasteiger partial charge >= 0.3 is 5.97 Å². The van der Waals surface area contributed by atoms with E-state index in [0.29, 0.717) is 11.0 Å². The molecular weight excluding hydrogens is 254 g/mol. The molecule has 8 heteroatoms. The van der Waals surface area contributed by atoms with Gasteiger partial charge in [0.15, 0.2) is 0 Å². The highest BCUT2D eigenvalue weighted by Gasteiger charge is 2.21. The molecule has 100 valence electrons. The number of nitro groups is 1. The Morgan fingerprint density at radius 2 is 2.26 bits per heavy atom. The lowest BCUT2D eigenvalue weighted by Gasteiger charge is -2.05. The van der Waals surface area contributed by atoms with Crippen molar-refractivity contribution < 1.29 is 19.3 Å². The van der Waals surface area contributed by atoms with Crippen LogP contribution in [0, 0.1) is 10.1 Å². The molecule has 0 radical (unpaired) electrons. The molecule has 0 aliphatic rings. The zero-order valence-corrected chi connectivity index (χ0v) is 10.3. The molecule has 0 saturated heterocycles. The van der Waals surface area contributed by atoms with Crippen molar-refractivity contribution in [2.45, 2.75) is 6.92 Å². The van der Waals surface area contributed by atoms with Gasteiger partial charge in [-0.2, -0.15) is 4.73 Å². The Labute approximate surface area is 107 Å². The molecule has 0 amide bonds. The fourth-order valence-electron chi connectivity index (χ4n) is 1.67. The van der Waals surface area contributed by atoms with E-state index >= 15 is 0 Å². The van der Waals surface area contributed by atoms with Gasteiger partial charge < -0.3 is 9.57 Å². The van der Waals surface area contributed by atoms with E-state index in [1.807, 2.05) is 0 Å². The maximum absolute atomic E-state index is 11.7. The predicted octanol–water partition coefficient (Wildman–Crippen LogP) is 1.18. The highest BCUT2D eigenvalue weighted by Crippen LogP contribution is 2.21. The fraction of sp³-hybridized carbons (Fsp3) is 0.273. The van der Waals surface area contributed by atoms with Gasteiger partial charge in [-0.1, -0.05) is 0 Å². The number of carbonyl (C=O) groups is 1. The van der Waals surface area contributed by atoms with Gasteiger partial charge in [-0.3, -0.25) is 10.1 Å². The van der Waals surface area contributed by atoms with Gasteiger partial charge in [-0.05, 0) is 13.0 Å². The first kappa shape index (κ1) is 12.8. The molecule has 0 bridgehead atoms. The first-order valence-corrected chi connectivity index (χ1v) is 5.47. The second-order valence-electron chi connectivity index (χ2n) is 3.56. The summed E-state index contributed by atoms with van der Waals surface area (Å²) in [5, 5.41) is 10.7. The summed E-state index contributed by atoms with van der Waals surface area (Å²) in [5.41, 5.74) is 0.636. The summed E-state index contributed by atoms with van der Waals surface area (Å²) < 4.78 is 5.95. The zero-order valence-electron chi connectivity index (χ0n) is 10.3. The number of benzene rings is 1. The lowest BCUT2D eigenvalue weighted by Crippen LogP contribution is -2.17. The molecule has 0 atom stereocenters. The monoisotopic (exact) mass is 265 g/mol. The maximum Gasteiger partial charge on any atom is 0.377 e. The van der Waals surface area contributed by atoms with Crippen molar-refractivity contribution in [1.82, 2.24) is 9.71 Å². The predicted molar refractivity (Wildman–Crippen MR) is 64.8 cm³/mol. The number of fused-ring (bicyclic) bond motifs is 1. The number of aromatic nitrogens is 2. The molecule has 0 N–H and O–H groups in total. The van der Waals surface area contributed by atoms with Crippen LogP contribution in [-0.2, 0) is 4.74 Å². The Hall–Kier alpha value is -2.64. The fourth-order valence-corrected chi connectivity index (χ4v) is 1.67. The van der Waals surface area contributed by atoms with Gasteiger partial charge in [-0.15, -0.1) is 0 Å². The number of nitro benzene ring substituents is 1. The van der Waals surface area contributed by atoms with Gasteiger partial charge in [0.2, 0.25) is 0 Å². The number of hydrogen-bond donors (Lipinski definition) is 0. The van der Waals surface area contributed by atoms with Crippen molar-refractivity contribution >= 4 is 22.7 Å². The first-order chi connectivity index (χ1) is 9.08. The molecule has 2 aromatic rings. The molecule has 1 aromatic heterocycles. The third-order valence-electron chi connectivity index (χ3n) is 2.45. The highest BCUT2D eigenvalue weighted by atomic mass is 16.7. The third kappa shape index (κ3) is 2.19. The van der Waals surface area contributed by atoms with E-state index in [-0.39, 0.29) is 18.1 Å². The minimum Gasteiger partial charge on any atom is -0.460 e. The van der Waals surface area contributed by atoms with Crippen LogP contribution in [0.25, 0.3) is 11.0 Å². The van der Waals surface area contributed by atoms with E-state index in [1.165, 1.54) is 25.3 Å². The van der Waals surface area contributed by atoms with Crippen molar-refractivity contribution in [2.24, 2.45) is 0 Å². The number of non-ortho nitro benzene ring substituents is 1. The highest BCUT2D eigenvalue weighted by molar-refractivity contribution is 5.91. The van der Waals surface area contributed by atoms with Gasteiger partial charge in [-0.25, -0.2) is 9.78 Å². The normalized spacial score (nSPS) is 10.4. The van der Waals surface area contributed by atoms with Crippen LogP contribution >= 0.6 is 0 Å². The van der Waals surface area contributed by atoms with Gasteiger partial charge in [0.05, 0.1) is 17.0 Å². The average Bonchev–Trinajstić information content (AvgIpc) is 2.76. The van der Waals surface area contributed by atoms with Crippen molar-refractivity contribution in [2.75, 3.05) is 13.7 Å². The second kappa shape index (κ2) is 4.92. The number of rotatable bonds is 4. The van der Waals surface area contributed by atoms with Crippen LogP contribution in [0.5, 0.6) is 0 Å². The SMILES string of the molecule is CCOC(=O)c1nc2ccc([N+](=O)[O-])cc2n1OC. The minimum atomic E-state index is -0.650. The smallest absolute Gasteiger partial charge is 0.377 e. The Kier molecular flexibility index (Phi) is 3.32. The molecule has 1 aromatic carbocycles. The summed E-state index contributed by atoms with van der Waals surface area (Å²) in [6.45, 7) is 1.87. The molecule has 2 rings (SSSR count). The topological polar surface area (TPSA) is 96.5 Å². The van der Waals surface area contributed by atoms with E-state index < -0.39 is 10.9 Å². The molecule has 8 nitrogen and oxygen atoms in total. The summed E-state index contributed by atoms with van der Waals surface area (Å²) in [5.74, 6) is -0.706. The van der Waals surface area contributed by atoms with Gasteiger partial charge in [0.25, 0.3) is 11.5 Å². The molecule has 0 aliphatic carbocycles. The lowest BCUT2D eigenvalue weighted by atomic mass is 10.3. The van der Waals surface area contributed by atoms with E-state index in [4.69, 9.17) is 9.57 Å². The molecular formula is C11H11N3O5. The van der Waals surface area contributed by atoms with E-state index in [1.54, 1.807) is 6.92 Å². The van der Waals surface area contributed by atoms with Crippen molar-refractivity contribution in [1.29, 1.82) is 0 Å². The number of carbonyl (C=O) groups excluding carboxylic acids is 1. The average molecular weight is 265 g/mol. The van der Waals surface area contributed by atoms with Crippen LogP contribution in [0.4, 0.5) is 5.69 Å². The van der Waals surface area contributed by atoms with E-state index in [0.717, 1.165) is 4.73 Å². The third-order valence-corrected chi connectivity index (χ3v) is 2.45. The van der Waals surface area contributed by atoms with Crippen LogP contribution in [0.2, 0.25) is 0 Å². The molecule has 1 heterocycles. The van der Waals surface area contributed by atoms with Crippen molar-refractivity contribution in [3.63, 3.8) is 0 Å². The van der Waals surface area contributed by atoms with Gasteiger partial charge in [0.1, 0.15) is 12.6 Å². The molecule has 0 saturated carbocycles. The van der Waals surface area contributed by atoms with Gasteiger partial charge in [0, 0.05) is 12.1 Å². The Morgan fingerprint density at radius 1 is 1.53 bits per heavy atom. The summed E-state index contributed by atoms with van der Waals surface area (Å²) in [7, 11) is 1.34. The Balaban J connectivity index is 2.61. The number of esters is 1. The molecule has 0 unspecified atom stereocenters. The van der Waals surface area contributed by atoms with Crippen LogP contribution in [0.3, 0.4) is 0 Å². The molecule has 0 aliphatic heterocycles. The largest absolute Gasteiger partial charge is 0.460 e. The Morgan fingerprint density at radius 3 is 2.84 bits per heavy atom. The van der Waals surface area contributed by atoms with E-state index in [2.05, 4.69) is 4.98 Å². The van der Waals surface area contributed by atoms with Crippen molar-refractivity contribution in [3.8, 4) is 0 Å². The first-order valence-electron chi connectivity index (χ1n) is 5.47. The summed E-state index contributed by atoms with van der Waals surface area (Å²) in [4.78, 5) is 31.0. The summed E-state index contributed by atoms with van der Waals surface area (Å²) in [6.07, 6.45) is 0. The molecule has 0 spiro atoms. The zero-order chi connectivity index (χ0) is 14.0. The van der Waals surface area contributed by atoms with Crippen LogP contribution < -0.4 is 4.84 Å². The minimum absolute atomic E-state index is 0.0557. The van der Waals surface area contributed by atoms with Crippen LogP contribution in [0.1, 0.15) is 17.5 Å². The Bertz CT molecular complexity index is 649. The summed E-state index contributed by atoms with van der Waals surface area (Å²) in [6, 6.07) is 4.05. The standard InChI is InChI=1S/C11H11N3O5/c1-3-19-11(15)10-12-8-5-4-7(14(16)17)6-9(8)13(10)18-2/h4-6H,3H2,1-2H3. The number of imidazole rings is 1. The number of nitrogens with zero attached hydrogens (tertiary/aromatic N) is 3.